The Morgan fingerprint density at radius 1 is 1.35 bits per heavy atom. The molecule has 1 fully saturated rings. The van der Waals surface area contributed by atoms with Gasteiger partial charge in [-0.3, -0.25) is 0 Å². The molecule has 0 saturated carbocycles. The Labute approximate surface area is 111 Å². The van der Waals surface area contributed by atoms with Gasteiger partial charge < -0.3 is 14.7 Å². The average Bonchev–Trinajstić information content (AvgIpc) is 2.33. The Bertz CT molecular complexity index is 385. The van der Waals surface area contributed by atoms with Gasteiger partial charge in [-0.05, 0) is 24.6 Å². The molecule has 17 heavy (non-hydrogen) atoms. The van der Waals surface area contributed by atoms with Crippen LogP contribution in [0.1, 0.15) is 6.42 Å². The summed E-state index contributed by atoms with van der Waals surface area (Å²) >= 11 is 11.9. The highest BCUT2D eigenvalue weighted by Crippen LogP contribution is 2.28. The van der Waals surface area contributed by atoms with Gasteiger partial charge in [0, 0.05) is 25.4 Å². The van der Waals surface area contributed by atoms with E-state index in [1.54, 1.807) is 6.07 Å². The smallest absolute Gasteiger partial charge is 0.0772 e. The maximum Gasteiger partial charge on any atom is 0.0772 e. The van der Waals surface area contributed by atoms with Crippen molar-refractivity contribution in [3.63, 3.8) is 0 Å². The maximum atomic E-state index is 8.92. The highest BCUT2D eigenvalue weighted by Gasteiger charge is 2.20. The number of aliphatic hydroxyl groups is 1. The largest absolute Gasteiger partial charge is 0.396 e. The summed E-state index contributed by atoms with van der Waals surface area (Å²) in [7, 11) is 0. The molecule has 3 nitrogen and oxygen atoms in total. The second kappa shape index (κ2) is 5.91. The van der Waals surface area contributed by atoms with Crippen LogP contribution in [0.3, 0.4) is 0 Å². The predicted molar refractivity (Wildman–Crippen MR) is 70.1 cm³/mol. The van der Waals surface area contributed by atoms with E-state index in [0.717, 1.165) is 18.8 Å². The molecule has 1 aromatic rings. The predicted octanol–water partition coefficient (Wildman–Crippen LogP) is 2.58. The lowest BCUT2D eigenvalue weighted by molar-refractivity contribution is 0.0247. The van der Waals surface area contributed by atoms with E-state index in [-0.39, 0.29) is 12.7 Å². The summed E-state index contributed by atoms with van der Waals surface area (Å²) in [5.41, 5.74) is 1.05. The van der Waals surface area contributed by atoms with Crippen molar-refractivity contribution in [3.8, 4) is 0 Å². The van der Waals surface area contributed by atoms with E-state index < -0.39 is 0 Å². The molecular weight excluding hydrogens is 261 g/mol. The number of aliphatic hydroxyl groups excluding tert-OH is 1. The van der Waals surface area contributed by atoms with Crippen LogP contribution in [0, 0.1) is 0 Å². The van der Waals surface area contributed by atoms with Crippen molar-refractivity contribution in [2.75, 3.05) is 31.2 Å². The Kier molecular flexibility index (Phi) is 4.51. The lowest BCUT2D eigenvalue weighted by Crippen LogP contribution is -2.42. The fourth-order valence-corrected chi connectivity index (χ4v) is 2.25. The Hall–Kier alpha value is -0.480. The molecular formula is C12H15Cl2NO2. The zero-order chi connectivity index (χ0) is 12.3. The lowest BCUT2D eigenvalue weighted by atomic mass is 10.2. The van der Waals surface area contributed by atoms with Crippen molar-refractivity contribution in [1.29, 1.82) is 0 Å². The first-order valence-electron chi connectivity index (χ1n) is 5.63. The van der Waals surface area contributed by atoms with E-state index >= 15 is 0 Å². The van der Waals surface area contributed by atoms with Gasteiger partial charge in [0.25, 0.3) is 0 Å². The average molecular weight is 276 g/mol. The SMILES string of the molecule is OCC[C@@H]1CN(c2ccc(Cl)c(Cl)c2)CCO1. The van der Waals surface area contributed by atoms with Gasteiger partial charge in [-0.25, -0.2) is 0 Å². The van der Waals surface area contributed by atoms with Crippen molar-refractivity contribution in [2.45, 2.75) is 12.5 Å². The van der Waals surface area contributed by atoms with Gasteiger partial charge in [-0.2, -0.15) is 0 Å². The van der Waals surface area contributed by atoms with E-state index in [9.17, 15) is 0 Å². The fraction of sp³-hybridized carbons (Fsp3) is 0.500. The summed E-state index contributed by atoms with van der Waals surface area (Å²) in [5, 5.41) is 10.0. The van der Waals surface area contributed by atoms with Crippen LogP contribution in [0.4, 0.5) is 5.69 Å². The molecule has 5 heteroatoms. The molecule has 1 aromatic carbocycles. The van der Waals surface area contributed by atoms with Gasteiger partial charge in [-0.15, -0.1) is 0 Å². The number of hydrogen-bond donors (Lipinski definition) is 1. The van der Waals surface area contributed by atoms with E-state index in [4.69, 9.17) is 33.0 Å². The minimum absolute atomic E-state index is 0.0863. The molecule has 1 aliphatic heterocycles. The second-order valence-corrected chi connectivity index (χ2v) is 4.86. The molecule has 0 bridgehead atoms. The van der Waals surface area contributed by atoms with Gasteiger partial charge in [0.1, 0.15) is 0 Å². The van der Waals surface area contributed by atoms with Crippen LogP contribution in [0.5, 0.6) is 0 Å². The zero-order valence-electron chi connectivity index (χ0n) is 9.40. The fourth-order valence-electron chi connectivity index (χ4n) is 1.95. The molecule has 1 N–H and O–H groups in total. The summed E-state index contributed by atoms with van der Waals surface area (Å²) in [6.07, 6.45) is 0.751. The number of hydrogen-bond acceptors (Lipinski definition) is 3. The van der Waals surface area contributed by atoms with E-state index in [1.807, 2.05) is 12.1 Å². The molecule has 0 aromatic heterocycles. The third-order valence-electron chi connectivity index (χ3n) is 2.86. The molecule has 0 spiro atoms. The highest BCUT2D eigenvalue weighted by molar-refractivity contribution is 6.42. The molecule has 1 heterocycles. The number of nitrogens with zero attached hydrogens (tertiary/aromatic N) is 1. The van der Waals surface area contributed by atoms with Gasteiger partial charge in [0.15, 0.2) is 0 Å². The molecule has 1 aliphatic rings. The molecule has 94 valence electrons. The number of anilines is 1. The van der Waals surface area contributed by atoms with E-state index in [2.05, 4.69) is 4.90 Å². The van der Waals surface area contributed by atoms with Gasteiger partial charge >= 0.3 is 0 Å². The number of benzene rings is 1. The van der Waals surface area contributed by atoms with Crippen LogP contribution < -0.4 is 4.90 Å². The van der Waals surface area contributed by atoms with Crippen molar-refractivity contribution in [3.05, 3.63) is 28.2 Å². The first kappa shape index (κ1) is 13.0. The van der Waals surface area contributed by atoms with E-state index in [0.29, 0.717) is 23.1 Å². The zero-order valence-corrected chi connectivity index (χ0v) is 10.9. The number of rotatable bonds is 3. The normalized spacial score (nSPS) is 20.6. The Balaban J connectivity index is 2.08. The highest BCUT2D eigenvalue weighted by atomic mass is 35.5. The first-order valence-corrected chi connectivity index (χ1v) is 6.39. The number of halogens is 2. The Morgan fingerprint density at radius 2 is 2.18 bits per heavy atom. The maximum absolute atomic E-state index is 8.92. The topological polar surface area (TPSA) is 32.7 Å². The summed E-state index contributed by atoms with van der Waals surface area (Å²) in [4.78, 5) is 2.20. The van der Waals surface area contributed by atoms with Crippen molar-refractivity contribution in [1.82, 2.24) is 0 Å². The molecule has 0 radical (unpaired) electrons. The van der Waals surface area contributed by atoms with Crippen LogP contribution in [0.25, 0.3) is 0 Å². The van der Waals surface area contributed by atoms with Crippen LogP contribution in [-0.2, 0) is 4.74 Å². The number of ether oxygens (including phenoxy) is 1. The van der Waals surface area contributed by atoms with Gasteiger partial charge in [0.2, 0.25) is 0 Å². The van der Waals surface area contributed by atoms with Crippen LogP contribution >= 0.6 is 23.2 Å². The van der Waals surface area contributed by atoms with Gasteiger partial charge in [0.05, 0.1) is 22.8 Å². The molecule has 0 amide bonds. The van der Waals surface area contributed by atoms with Gasteiger partial charge in [-0.1, -0.05) is 23.2 Å². The number of morpholine rings is 1. The molecule has 1 saturated heterocycles. The summed E-state index contributed by atoms with van der Waals surface area (Å²) in [5.74, 6) is 0. The molecule has 0 aliphatic carbocycles. The summed E-state index contributed by atoms with van der Waals surface area (Å²) in [6, 6.07) is 5.62. The molecule has 2 rings (SSSR count). The molecule has 0 unspecified atom stereocenters. The van der Waals surface area contributed by atoms with Crippen LogP contribution in [-0.4, -0.2) is 37.5 Å². The van der Waals surface area contributed by atoms with Crippen molar-refractivity contribution >= 4 is 28.9 Å². The standard InChI is InChI=1S/C12H15Cl2NO2/c13-11-2-1-9(7-12(11)14)15-4-6-17-10(8-15)3-5-16/h1-2,7,10,16H,3-6,8H2/t10-/m1/s1. The van der Waals surface area contributed by atoms with E-state index in [1.165, 1.54) is 0 Å². The molecule has 1 atom stereocenters. The minimum Gasteiger partial charge on any atom is -0.396 e. The Morgan fingerprint density at radius 3 is 2.88 bits per heavy atom. The lowest BCUT2D eigenvalue weighted by Gasteiger charge is -2.34. The first-order chi connectivity index (χ1) is 8.20. The third kappa shape index (κ3) is 3.26. The van der Waals surface area contributed by atoms with Crippen LogP contribution in [0.15, 0.2) is 18.2 Å². The quantitative estimate of drug-likeness (QED) is 0.921. The minimum atomic E-state index is 0.0863. The van der Waals surface area contributed by atoms with Crippen molar-refractivity contribution < 1.29 is 9.84 Å². The van der Waals surface area contributed by atoms with Crippen LogP contribution in [0.2, 0.25) is 10.0 Å². The van der Waals surface area contributed by atoms with Crippen molar-refractivity contribution in [2.24, 2.45) is 0 Å². The summed E-state index contributed by atoms with van der Waals surface area (Å²) in [6.45, 7) is 2.43. The summed E-state index contributed by atoms with van der Waals surface area (Å²) < 4.78 is 5.56. The second-order valence-electron chi connectivity index (χ2n) is 4.05. The third-order valence-corrected chi connectivity index (χ3v) is 3.60. The monoisotopic (exact) mass is 275 g/mol.